The number of hydrogen-bond donors (Lipinski definition) is 1. The molecule has 0 spiro atoms. The molecular formula is C15H24ClFN2. The van der Waals surface area contributed by atoms with Gasteiger partial charge in [0.25, 0.3) is 0 Å². The van der Waals surface area contributed by atoms with Gasteiger partial charge in [-0.1, -0.05) is 31.5 Å². The predicted molar refractivity (Wildman–Crippen MR) is 80.1 cm³/mol. The van der Waals surface area contributed by atoms with Crippen molar-refractivity contribution in [3.05, 3.63) is 34.6 Å². The first-order chi connectivity index (χ1) is 8.81. The van der Waals surface area contributed by atoms with Crippen molar-refractivity contribution >= 4 is 11.6 Å². The summed E-state index contributed by atoms with van der Waals surface area (Å²) in [4.78, 5) is 2.16. The fraction of sp³-hybridized carbons (Fsp3) is 0.600. The summed E-state index contributed by atoms with van der Waals surface area (Å²) in [6.45, 7) is 7.41. The molecule has 2 nitrogen and oxygen atoms in total. The zero-order valence-corrected chi connectivity index (χ0v) is 13.1. The van der Waals surface area contributed by atoms with Gasteiger partial charge in [0.2, 0.25) is 0 Å². The molecule has 1 rings (SSSR count). The van der Waals surface area contributed by atoms with Crippen LogP contribution in [0.1, 0.15) is 32.4 Å². The molecule has 0 saturated carbocycles. The van der Waals surface area contributed by atoms with Crippen molar-refractivity contribution in [1.82, 2.24) is 10.2 Å². The molecule has 0 heterocycles. The monoisotopic (exact) mass is 286 g/mol. The smallest absolute Gasteiger partial charge is 0.124 e. The Morgan fingerprint density at radius 1 is 1.26 bits per heavy atom. The van der Waals surface area contributed by atoms with Crippen molar-refractivity contribution in [2.75, 3.05) is 20.6 Å². The Morgan fingerprint density at radius 2 is 1.89 bits per heavy atom. The first-order valence-electron chi connectivity index (χ1n) is 6.67. The van der Waals surface area contributed by atoms with E-state index in [4.69, 9.17) is 11.6 Å². The Balaban J connectivity index is 2.78. The van der Waals surface area contributed by atoms with Gasteiger partial charge in [-0.3, -0.25) is 0 Å². The molecule has 0 fully saturated rings. The van der Waals surface area contributed by atoms with E-state index in [1.54, 1.807) is 6.07 Å². The molecule has 0 aliphatic rings. The molecule has 0 amide bonds. The molecule has 2 atom stereocenters. The fourth-order valence-electron chi connectivity index (χ4n) is 2.11. The highest BCUT2D eigenvalue weighted by Gasteiger charge is 2.19. The summed E-state index contributed by atoms with van der Waals surface area (Å²) in [7, 11) is 4.12. The summed E-state index contributed by atoms with van der Waals surface area (Å²) in [6.07, 6.45) is 0. The fourth-order valence-corrected chi connectivity index (χ4v) is 2.44. The van der Waals surface area contributed by atoms with Crippen LogP contribution in [0.2, 0.25) is 5.02 Å². The van der Waals surface area contributed by atoms with Crippen LogP contribution in [0.3, 0.4) is 0 Å². The molecule has 2 unspecified atom stereocenters. The lowest BCUT2D eigenvalue weighted by atomic mass is 10.0. The number of nitrogens with one attached hydrogen (secondary N) is 1. The van der Waals surface area contributed by atoms with Crippen molar-refractivity contribution in [3.63, 3.8) is 0 Å². The highest BCUT2D eigenvalue weighted by molar-refractivity contribution is 6.31. The summed E-state index contributed by atoms with van der Waals surface area (Å²) >= 11 is 6.10. The minimum absolute atomic E-state index is 0.0976. The van der Waals surface area contributed by atoms with E-state index in [1.165, 1.54) is 12.1 Å². The Morgan fingerprint density at radius 3 is 2.37 bits per heavy atom. The third-order valence-corrected chi connectivity index (χ3v) is 3.59. The lowest BCUT2D eigenvalue weighted by Gasteiger charge is -2.29. The van der Waals surface area contributed by atoms with Gasteiger partial charge in [-0.25, -0.2) is 4.39 Å². The molecule has 0 bridgehead atoms. The van der Waals surface area contributed by atoms with Crippen LogP contribution in [0, 0.1) is 11.7 Å². The summed E-state index contributed by atoms with van der Waals surface area (Å²) in [6, 6.07) is 5.04. The van der Waals surface area contributed by atoms with Crippen LogP contribution in [0.4, 0.5) is 4.39 Å². The van der Waals surface area contributed by atoms with Crippen molar-refractivity contribution in [1.29, 1.82) is 0 Å². The minimum Gasteiger partial charge on any atom is -0.308 e. The van der Waals surface area contributed by atoms with Gasteiger partial charge < -0.3 is 10.2 Å². The Kier molecular flexibility index (Phi) is 6.24. The van der Waals surface area contributed by atoms with Crippen LogP contribution < -0.4 is 5.32 Å². The molecule has 0 aliphatic heterocycles. The van der Waals surface area contributed by atoms with E-state index in [1.807, 2.05) is 0 Å². The lowest BCUT2D eigenvalue weighted by molar-refractivity contribution is 0.273. The third-order valence-electron chi connectivity index (χ3n) is 3.26. The SMILES string of the molecule is CC(NC(CN(C)C)C(C)C)c1ccc(F)cc1Cl. The van der Waals surface area contributed by atoms with E-state index >= 15 is 0 Å². The molecule has 1 N–H and O–H groups in total. The van der Waals surface area contributed by atoms with Crippen molar-refractivity contribution in [2.24, 2.45) is 5.92 Å². The van der Waals surface area contributed by atoms with E-state index in [2.05, 4.69) is 45.1 Å². The summed E-state index contributed by atoms with van der Waals surface area (Å²) in [5.74, 6) is 0.221. The van der Waals surface area contributed by atoms with E-state index in [9.17, 15) is 4.39 Å². The maximum absolute atomic E-state index is 13.1. The van der Waals surface area contributed by atoms with Crippen LogP contribution in [0.5, 0.6) is 0 Å². The highest BCUT2D eigenvalue weighted by Crippen LogP contribution is 2.24. The highest BCUT2D eigenvalue weighted by atomic mass is 35.5. The van der Waals surface area contributed by atoms with E-state index in [0.717, 1.165) is 12.1 Å². The molecule has 4 heteroatoms. The van der Waals surface area contributed by atoms with Crippen LogP contribution in [-0.4, -0.2) is 31.6 Å². The number of nitrogens with zero attached hydrogens (tertiary/aromatic N) is 1. The van der Waals surface area contributed by atoms with Gasteiger partial charge >= 0.3 is 0 Å². The second-order valence-corrected chi connectivity index (χ2v) is 6.07. The average molecular weight is 287 g/mol. The normalized spacial score (nSPS) is 15.0. The van der Waals surface area contributed by atoms with Gasteiger partial charge in [0.1, 0.15) is 5.82 Å². The molecule has 0 aliphatic carbocycles. The standard InChI is InChI=1S/C15H24ClFN2/c1-10(2)15(9-19(4)5)18-11(3)13-7-6-12(17)8-14(13)16/h6-8,10-11,15,18H,9H2,1-5H3. The van der Waals surface area contributed by atoms with E-state index in [-0.39, 0.29) is 11.9 Å². The van der Waals surface area contributed by atoms with Crippen molar-refractivity contribution < 1.29 is 4.39 Å². The first kappa shape index (κ1) is 16.4. The Hall–Kier alpha value is -0.640. The second-order valence-electron chi connectivity index (χ2n) is 5.67. The van der Waals surface area contributed by atoms with Crippen LogP contribution >= 0.6 is 11.6 Å². The van der Waals surface area contributed by atoms with Crippen LogP contribution in [-0.2, 0) is 0 Å². The topological polar surface area (TPSA) is 15.3 Å². The van der Waals surface area contributed by atoms with Gasteiger partial charge in [0.15, 0.2) is 0 Å². The molecule has 0 radical (unpaired) electrons. The molecule has 108 valence electrons. The third kappa shape index (κ3) is 5.09. The minimum atomic E-state index is -0.297. The van der Waals surface area contributed by atoms with Gasteiger partial charge in [0, 0.05) is 23.7 Å². The largest absolute Gasteiger partial charge is 0.308 e. The molecule has 0 saturated heterocycles. The summed E-state index contributed by atoms with van der Waals surface area (Å²) < 4.78 is 13.1. The zero-order chi connectivity index (χ0) is 14.6. The van der Waals surface area contributed by atoms with Gasteiger partial charge in [0.05, 0.1) is 0 Å². The van der Waals surface area contributed by atoms with Gasteiger partial charge in [-0.05, 0) is 44.6 Å². The number of benzene rings is 1. The zero-order valence-electron chi connectivity index (χ0n) is 12.4. The maximum atomic E-state index is 13.1. The number of likely N-dealkylation sites (N-methyl/N-ethyl adjacent to an activating group) is 1. The number of hydrogen-bond acceptors (Lipinski definition) is 2. The quantitative estimate of drug-likeness (QED) is 0.857. The second kappa shape index (κ2) is 7.22. The molecule has 1 aromatic carbocycles. The summed E-state index contributed by atoms with van der Waals surface area (Å²) in [5, 5.41) is 4.05. The Labute approximate surface area is 120 Å². The lowest BCUT2D eigenvalue weighted by Crippen LogP contribution is -2.43. The molecule has 1 aromatic rings. The molecule has 19 heavy (non-hydrogen) atoms. The summed E-state index contributed by atoms with van der Waals surface area (Å²) in [5.41, 5.74) is 0.937. The Bertz CT molecular complexity index is 407. The van der Waals surface area contributed by atoms with Gasteiger partial charge in [-0.2, -0.15) is 0 Å². The van der Waals surface area contributed by atoms with E-state index in [0.29, 0.717) is 17.0 Å². The van der Waals surface area contributed by atoms with Crippen LogP contribution in [0.15, 0.2) is 18.2 Å². The van der Waals surface area contributed by atoms with Crippen molar-refractivity contribution in [3.8, 4) is 0 Å². The van der Waals surface area contributed by atoms with E-state index < -0.39 is 0 Å². The maximum Gasteiger partial charge on any atom is 0.124 e. The van der Waals surface area contributed by atoms with Gasteiger partial charge in [-0.15, -0.1) is 0 Å². The van der Waals surface area contributed by atoms with Crippen molar-refractivity contribution in [2.45, 2.75) is 32.9 Å². The average Bonchev–Trinajstić information content (AvgIpc) is 2.26. The predicted octanol–water partition coefficient (Wildman–Crippen LogP) is 3.72. The first-order valence-corrected chi connectivity index (χ1v) is 7.04. The number of rotatable bonds is 6. The molecular weight excluding hydrogens is 263 g/mol. The number of halogens is 2. The molecule has 0 aromatic heterocycles. The van der Waals surface area contributed by atoms with Crippen LogP contribution in [0.25, 0.3) is 0 Å².